The number of aromatic nitrogens is 2. The van der Waals surface area contributed by atoms with E-state index in [1.807, 2.05) is 24.3 Å². The van der Waals surface area contributed by atoms with E-state index in [2.05, 4.69) is 54.8 Å². The highest BCUT2D eigenvalue weighted by Crippen LogP contribution is 2.32. The van der Waals surface area contributed by atoms with Gasteiger partial charge in [0.1, 0.15) is 11.3 Å². The van der Waals surface area contributed by atoms with Gasteiger partial charge in [-0.15, -0.1) is 0 Å². The number of nitrogens with zero attached hydrogens (tertiary/aromatic N) is 1. The minimum atomic E-state index is 0.663. The van der Waals surface area contributed by atoms with E-state index < -0.39 is 0 Å². The first-order chi connectivity index (χ1) is 9.06. The van der Waals surface area contributed by atoms with Gasteiger partial charge < -0.3 is 10.7 Å². The maximum Gasteiger partial charge on any atom is 0.139 e. The van der Waals surface area contributed by atoms with Crippen LogP contribution in [-0.4, -0.2) is 9.97 Å². The zero-order valence-corrected chi connectivity index (χ0v) is 13.3. The van der Waals surface area contributed by atoms with Crippen molar-refractivity contribution in [3.8, 4) is 11.4 Å². The summed E-state index contributed by atoms with van der Waals surface area (Å²) < 4.78 is 1.99. The molecule has 0 saturated carbocycles. The smallest absolute Gasteiger partial charge is 0.139 e. The van der Waals surface area contributed by atoms with Crippen molar-refractivity contribution >= 4 is 48.6 Å². The van der Waals surface area contributed by atoms with Gasteiger partial charge in [-0.3, -0.25) is 0 Å². The van der Waals surface area contributed by atoms with Gasteiger partial charge in [0.2, 0.25) is 0 Å². The van der Waals surface area contributed by atoms with Gasteiger partial charge >= 0.3 is 0 Å². The van der Waals surface area contributed by atoms with Crippen LogP contribution >= 0.6 is 31.9 Å². The summed E-state index contributed by atoms with van der Waals surface area (Å²) in [5, 5.41) is 0. The zero-order valence-electron chi connectivity index (χ0n) is 10.2. The summed E-state index contributed by atoms with van der Waals surface area (Å²) in [6.45, 7) is 2.06. The minimum absolute atomic E-state index is 0.663. The fourth-order valence-electron chi connectivity index (χ4n) is 2.07. The fourth-order valence-corrected chi connectivity index (χ4v) is 2.99. The summed E-state index contributed by atoms with van der Waals surface area (Å²) in [7, 11) is 0. The van der Waals surface area contributed by atoms with Crippen LogP contribution in [0, 0.1) is 6.92 Å². The Morgan fingerprint density at radius 2 is 2.00 bits per heavy atom. The highest BCUT2D eigenvalue weighted by molar-refractivity contribution is 9.10. The number of rotatable bonds is 1. The van der Waals surface area contributed by atoms with Crippen molar-refractivity contribution in [3.05, 3.63) is 44.8 Å². The SMILES string of the molecule is Cc1cccc(-c2nc3c(N)cc(Br)cc3[nH]2)c1Br. The van der Waals surface area contributed by atoms with Gasteiger partial charge in [0.05, 0.1) is 11.2 Å². The van der Waals surface area contributed by atoms with E-state index in [9.17, 15) is 0 Å². The highest BCUT2D eigenvalue weighted by atomic mass is 79.9. The maximum atomic E-state index is 5.99. The van der Waals surface area contributed by atoms with E-state index in [4.69, 9.17) is 5.73 Å². The van der Waals surface area contributed by atoms with Crippen molar-refractivity contribution < 1.29 is 0 Å². The molecule has 0 bridgehead atoms. The van der Waals surface area contributed by atoms with Crippen LogP contribution in [-0.2, 0) is 0 Å². The third-order valence-corrected chi connectivity index (χ3v) is 4.54. The molecule has 0 amide bonds. The Hall–Kier alpha value is -1.33. The van der Waals surface area contributed by atoms with Crippen molar-refractivity contribution in [1.29, 1.82) is 0 Å². The van der Waals surface area contributed by atoms with Crippen molar-refractivity contribution in [2.45, 2.75) is 6.92 Å². The molecule has 0 atom stereocenters. The molecule has 0 radical (unpaired) electrons. The number of nitrogens with one attached hydrogen (secondary N) is 1. The molecule has 96 valence electrons. The molecule has 3 rings (SSSR count). The normalized spacial score (nSPS) is 11.1. The maximum absolute atomic E-state index is 5.99. The molecule has 0 aliphatic heterocycles. The fraction of sp³-hybridized carbons (Fsp3) is 0.0714. The number of nitrogen functional groups attached to an aromatic ring is 1. The van der Waals surface area contributed by atoms with Gasteiger partial charge in [-0.05, 0) is 40.5 Å². The first-order valence-corrected chi connectivity index (χ1v) is 7.35. The summed E-state index contributed by atoms with van der Waals surface area (Å²) in [5.41, 5.74) is 10.6. The summed E-state index contributed by atoms with van der Waals surface area (Å²) in [6, 6.07) is 9.94. The minimum Gasteiger partial charge on any atom is -0.397 e. The molecule has 1 heterocycles. The zero-order chi connectivity index (χ0) is 13.6. The van der Waals surface area contributed by atoms with E-state index >= 15 is 0 Å². The van der Waals surface area contributed by atoms with E-state index in [1.165, 1.54) is 5.56 Å². The Kier molecular flexibility index (Phi) is 3.11. The Labute approximate surface area is 127 Å². The molecule has 3 nitrogen and oxygen atoms in total. The van der Waals surface area contributed by atoms with Crippen molar-refractivity contribution in [2.75, 3.05) is 5.73 Å². The number of imidazole rings is 1. The average Bonchev–Trinajstić information content (AvgIpc) is 2.76. The number of aromatic amines is 1. The number of hydrogen-bond acceptors (Lipinski definition) is 2. The van der Waals surface area contributed by atoms with Crippen LogP contribution in [0.2, 0.25) is 0 Å². The molecule has 19 heavy (non-hydrogen) atoms. The lowest BCUT2D eigenvalue weighted by molar-refractivity contribution is 1.31. The van der Waals surface area contributed by atoms with Crippen molar-refractivity contribution in [3.63, 3.8) is 0 Å². The molecule has 0 aliphatic carbocycles. The first-order valence-electron chi connectivity index (χ1n) is 5.76. The Bertz CT molecular complexity index is 778. The molecule has 3 N–H and O–H groups in total. The monoisotopic (exact) mass is 379 g/mol. The van der Waals surface area contributed by atoms with Gasteiger partial charge in [-0.25, -0.2) is 4.98 Å². The Balaban J connectivity index is 2.26. The van der Waals surface area contributed by atoms with Crippen LogP contribution in [0.4, 0.5) is 5.69 Å². The molecule has 2 aromatic carbocycles. The van der Waals surface area contributed by atoms with Crippen molar-refractivity contribution in [2.24, 2.45) is 0 Å². The predicted octanol–water partition coefficient (Wildman–Crippen LogP) is 4.65. The summed E-state index contributed by atoms with van der Waals surface area (Å²) in [6.07, 6.45) is 0. The number of halogens is 2. The van der Waals surface area contributed by atoms with Crippen LogP contribution in [0.25, 0.3) is 22.4 Å². The molecule has 3 aromatic rings. The van der Waals surface area contributed by atoms with E-state index in [-0.39, 0.29) is 0 Å². The van der Waals surface area contributed by atoms with Gasteiger partial charge in [0.15, 0.2) is 0 Å². The quantitative estimate of drug-likeness (QED) is 0.604. The highest BCUT2D eigenvalue weighted by Gasteiger charge is 2.11. The molecular weight excluding hydrogens is 370 g/mol. The number of anilines is 1. The molecular formula is C14H11Br2N3. The van der Waals surface area contributed by atoms with E-state index in [0.29, 0.717) is 5.69 Å². The topological polar surface area (TPSA) is 54.7 Å². The van der Waals surface area contributed by atoms with Crippen LogP contribution in [0.3, 0.4) is 0 Å². The summed E-state index contributed by atoms with van der Waals surface area (Å²) in [4.78, 5) is 7.90. The lowest BCUT2D eigenvalue weighted by atomic mass is 10.1. The van der Waals surface area contributed by atoms with E-state index in [1.54, 1.807) is 0 Å². The summed E-state index contributed by atoms with van der Waals surface area (Å²) >= 11 is 7.04. The van der Waals surface area contributed by atoms with Crippen LogP contribution < -0.4 is 5.73 Å². The van der Waals surface area contributed by atoms with Crippen molar-refractivity contribution in [1.82, 2.24) is 9.97 Å². The number of benzene rings is 2. The molecule has 5 heteroatoms. The number of hydrogen-bond donors (Lipinski definition) is 2. The van der Waals surface area contributed by atoms with Crippen LogP contribution in [0.1, 0.15) is 5.56 Å². The summed E-state index contributed by atoms with van der Waals surface area (Å²) in [5.74, 6) is 0.815. The molecule has 1 aromatic heterocycles. The second-order valence-corrected chi connectivity index (χ2v) is 6.12. The molecule has 0 fully saturated rings. The van der Waals surface area contributed by atoms with Crippen LogP contribution in [0.5, 0.6) is 0 Å². The number of aryl methyl sites for hydroxylation is 1. The molecule has 0 spiro atoms. The number of nitrogens with two attached hydrogens (primary N) is 1. The number of fused-ring (bicyclic) bond motifs is 1. The number of H-pyrrole nitrogens is 1. The van der Waals surface area contributed by atoms with Gasteiger partial charge in [-0.2, -0.15) is 0 Å². The second-order valence-electron chi connectivity index (χ2n) is 4.41. The predicted molar refractivity (Wildman–Crippen MR) is 86.1 cm³/mol. The van der Waals surface area contributed by atoms with E-state index in [0.717, 1.165) is 31.4 Å². The average molecular weight is 381 g/mol. The van der Waals surface area contributed by atoms with Gasteiger partial charge in [0.25, 0.3) is 0 Å². The van der Waals surface area contributed by atoms with Gasteiger partial charge in [0, 0.05) is 14.5 Å². The second kappa shape index (κ2) is 4.65. The standard InChI is InChI=1S/C14H11Br2N3/c1-7-3-2-4-9(12(7)16)14-18-11-6-8(15)5-10(17)13(11)19-14/h2-6H,17H2,1H3,(H,18,19). The lowest BCUT2D eigenvalue weighted by Crippen LogP contribution is -1.87. The first kappa shape index (κ1) is 12.7. The van der Waals surface area contributed by atoms with Gasteiger partial charge in [-0.1, -0.05) is 34.1 Å². The molecule has 0 saturated heterocycles. The Morgan fingerprint density at radius 3 is 2.79 bits per heavy atom. The third-order valence-electron chi connectivity index (χ3n) is 3.03. The molecule has 0 aliphatic rings. The van der Waals surface area contributed by atoms with Crippen LogP contribution in [0.15, 0.2) is 39.3 Å². The third kappa shape index (κ3) is 2.17. The Morgan fingerprint density at radius 1 is 1.21 bits per heavy atom. The molecule has 0 unspecified atom stereocenters. The lowest BCUT2D eigenvalue weighted by Gasteiger charge is -2.03. The largest absolute Gasteiger partial charge is 0.397 e.